The summed E-state index contributed by atoms with van der Waals surface area (Å²) in [5.74, 6) is 0.903. The van der Waals surface area contributed by atoms with E-state index >= 15 is 0 Å². The maximum absolute atomic E-state index is 3.54. The fourth-order valence-electron chi connectivity index (χ4n) is 2.93. The zero-order valence-electron chi connectivity index (χ0n) is 11.6. The Morgan fingerprint density at radius 1 is 1.22 bits per heavy atom. The highest BCUT2D eigenvalue weighted by Crippen LogP contribution is 2.26. The van der Waals surface area contributed by atoms with Crippen molar-refractivity contribution in [3.63, 3.8) is 0 Å². The second-order valence-corrected chi connectivity index (χ2v) is 6.19. The summed E-state index contributed by atoms with van der Waals surface area (Å²) in [5.41, 5.74) is 4.15. The lowest BCUT2D eigenvalue weighted by molar-refractivity contribution is 0.362. The number of alkyl halides is 1. The van der Waals surface area contributed by atoms with E-state index in [1.807, 2.05) is 0 Å². The van der Waals surface area contributed by atoms with Crippen LogP contribution in [0.1, 0.15) is 43.2 Å². The van der Waals surface area contributed by atoms with Crippen molar-refractivity contribution in [1.29, 1.82) is 0 Å². The van der Waals surface area contributed by atoms with E-state index in [1.54, 1.807) is 0 Å². The second-order valence-electron chi connectivity index (χ2n) is 5.63. The summed E-state index contributed by atoms with van der Waals surface area (Å²) < 4.78 is 0. The first-order valence-corrected chi connectivity index (χ1v) is 8.19. The Morgan fingerprint density at radius 2 is 1.94 bits per heavy atom. The number of hydrogen-bond donors (Lipinski definition) is 0. The summed E-state index contributed by atoms with van der Waals surface area (Å²) in [5, 5.41) is 0.950. The van der Waals surface area contributed by atoms with Crippen LogP contribution in [0.4, 0.5) is 5.69 Å². The van der Waals surface area contributed by atoms with Crippen LogP contribution in [0, 0.1) is 12.8 Å². The summed E-state index contributed by atoms with van der Waals surface area (Å²) in [7, 11) is 2.23. The molecule has 0 aliphatic heterocycles. The van der Waals surface area contributed by atoms with Crippen LogP contribution in [0.5, 0.6) is 0 Å². The van der Waals surface area contributed by atoms with Gasteiger partial charge in [-0.3, -0.25) is 0 Å². The predicted octanol–water partition coefficient (Wildman–Crippen LogP) is 4.91. The van der Waals surface area contributed by atoms with Crippen molar-refractivity contribution in [3.8, 4) is 0 Å². The Labute approximate surface area is 120 Å². The normalized spacial score (nSPS) is 16.8. The highest BCUT2D eigenvalue weighted by atomic mass is 79.9. The average molecular weight is 310 g/mol. The van der Waals surface area contributed by atoms with Gasteiger partial charge >= 0.3 is 0 Å². The third kappa shape index (κ3) is 3.50. The molecule has 0 atom stereocenters. The van der Waals surface area contributed by atoms with E-state index < -0.39 is 0 Å². The molecule has 2 heteroatoms. The van der Waals surface area contributed by atoms with Crippen molar-refractivity contribution >= 4 is 21.6 Å². The second kappa shape index (κ2) is 6.60. The Balaban J connectivity index is 1.99. The van der Waals surface area contributed by atoms with Crippen molar-refractivity contribution in [2.75, 3.05) is 18.5 Å². The first-order valence-electron chi connectivity index (χ1n) is 7.07. The van der Waals surface area contributed by atoms with E-state index in [2.05, 4.69) is 53.0 Å². The van der Waals surface area contributed by atoms with Gasteiger partial charge in [0.15, 0.2) is 0 Å². The maximum atomic E-state index is 3.54. The molecule has 0 radical (unpaired) electrons. The molecule has 0 saturated heterocycles. The quantitative estimate of drug-likeness (QED) is 0.715. The van der Waals surface area contributed by atoms with E-state index in [1.165, 1.54) is 55.5 Å². The predicted molar refractivity (Wildman–Crippen MR) is 83.7 cm³/mol. The van der Waals surface area contributed by atoms with Gasteiger partial charge in [0.1, 0.15) is 0 Å². The topological polar surface area (TPSA) is 3.24 Å². The van der Waals surface area contributed by atoms with E-state index in [-0.39, 0.29) is 0 Å². The third-order valence-electron chi connectivity index (χ3n) is 4.17. The fourth-order valence-corrected chi connectivity index (χ4v) is 3.56. The van der Waals surface area contributed by atoms with Gasteiger partial charge in [0.25, 0.3) is 0 Å². The largest absolute Gasteiger partial charge is 0.374 e. The van der Waals surface area contributed by atoms with Gasteiger partial charge in [-0.25, -0.2) is 0 Å². The molecule has 0 amide bonds. The van der Waals surface area contributed by atoms with Crippen LogP contribution in [0.15, 0.2) is 18.2 Å². The number of hydrogen-bond acceptors (Lipinski definition) is 1. The van der Waals surface area contributed by atoms with Crippen LogP contribution in [0.2, 0.25) is 0 Å². The average Bonchev–Trinajstić information content (AvgIpc) is 2.39. The molecule has 18 heavy (non-hydrogen) atoms. The molecule has 1 fully saturated rings. The van der Waals surface area contributed by atoms with Crippen molar-refractivity contribution in [1.82, 2.24) is 0 Å². The number of benzene rings is 1. The van der Waals surface area contributed by atoms with Crippen LogP contribution in [-0.4, -0.2) is 13.6 Å². The Kier molecular flexibility index (Phi) is 5.11. The van der Waals surface area contributed by atoms with Crippen molar-refractivity contribution in [2.24, 2.45) is 5.92 Å². The molecule has 1 nitrogen and oxygen atoms in total. The lowest BCUT2D eigenvalue weighted by Crippen LogP contribution is -2.26. The van der Waals surface area contributed by atoms with Crippen LogP contribution in [-0.2, 0) is 5.33 Å². The maximum Gasteiger partial charge on any atom is 0.0366 e. The molecular weight excluding hydrogens is 286 g/mol. The Morgan fingerprint density at radius 3 is 2.56 bits per heavy atom. The summed E-state index contributed by atoms with van der Waals surface area (Å²) in [6.07, 6.45) is 7.14. The number of halogens is 1. The van der Waals surface area contributed by atoms with Crippen LogP contribution >= 0.6 is 15.9 Å². The molecule has 0 N–H and O–H groups in total. The number of rotatable bonds is 4. The molecule has 0 heterocycles. The standard InChI is InChI=1S/C16H24BrN/c1-13-10-16(9-8-15(13)11-17)18(2)12-14-6-4-3-5-7-14/h8-10,14H,3-7,11-12H2,1-2H3. The fraction of sp³-hybridized carbons (Fsp3) is 0.625. The molecule has 1 aromatic rings. The van der Waals surface area contributed by atoms with Crippen LogP contribution < -0.4 is 4.90 Å². The molecule has 1 aromatic carbocycles. The molecule has 0 aromatic heterocycles. The molecule has 1 aliphatic carbocycles. The van der Waals surface area contributed by atoms with E-state index in [0.717, 1.165) is 11.2 Å². The molecule has 1 saturated carbocycles. The zero-order chi connectivity index (χ0) is 13.0. The molecule has 2 rings (SSSR count). The van der Waals surface area contributed by atoms with Gasteiger partial charge in [-0.05, 0) is 48.9 Å². The van der Waals surface area contributed by atoms with E-state index in [9.17, 15) is 0 Å². The smallest absolute Gasteiger partial charge is 0.0366 e. The van der Waals surface area contributed by atoms with E-state index in [0.29, 0.717) is 0 Å². The molecular formula is C16H24BrN. The van der Waals surface area contributed by atoms with Gasteiger partial charge in [0.2, 0.25) is 0 Å². The van der Waals surface area contributed by atoms with Crippen molar-refractivity contribution < 1.29 is 0 Å². The Hall–Kier alpha value is -0.500. The minimum absolute atomic E-state index is 0.903. The summed E-state index contributed by atoms with van der Waals surface area (Å²) >= 11 is 3.54. The Bertz CT molecular complexity index is 383. The minimum atomic E-state index is 0.903. The number of anilines is 1. The first-order chi connectivity index (χ1) is 8.70. The zero-order valence-corrected chi connectivity index (χ0v) is 13.2. The highest BCUT2D eigenvalue weighted by molar-refractivity contribution is 9.08. The molecule has 1 aliphatic rings. The molecule has 100 valence electrons. The first kappa shape index (κ1) is 13.9. The van der Waals surface area contributed by atoms with Crippen LogP contribution in [0.3, 0.4) is 0 Å². The van der Waals surface area contributed by atoms with Gasteiger partial charge in [0, 0.05) is 24.6 Å². The van der Waals surface area contributed by atoms with Crippen molar-refractivity contribution in [3.05, 3.63) is 29.3 Å². The minimum Gasteiger partial charge on any atom is -0.374 e. The SMILES string of the molecule is Cc1cc(N(C)CC2CCCCC2)ccc1CBr. The van der Waals surface area contributed by atoms with Crippen molar-refractivity contribution in [2.45, 2.75) is 44.4 Å². The van der Waals surface area contributed by atoms with Gasteiger partial charge < -0.3 is 4.90 Å². The van der Waals surface area contributed by atoms with Gasteiger partial charge in [0.05, 0.1) is 0 Å². The highest BCUT2D eigenvalue weighted by Gasteiger charge is 2.15. The van der Waals surface area contributed by atoms with Gasteiger partial charge in [-0.15, -0.1) is 0 Å². The summed E-state index contributed by atoms with van der Waals surface area (Å²) in [6.45, 7) is 3.42. The summed E-state index contributed by atoms with van der Waals surface area (Å²) in [4.78, 5) is 2.43. The third-order valence-corrected chi connectivity index (χ3v) is 4.77. The molecule has 0 bridgehead atoms. The molecule has 0 spiro atoms. The lowest BCUT2D eigenvalue weighted by atomic mass is 9.89. The van der Waals surface area contributed by atoms with Gasteiger partial charge in [-0.1, -0.05) is 41.3 Å². The lowest BCUT2D eigenvalue weighted by Gasteiger charge is -2.28. The number of nitrogens with zero attached hydrogens (tertiary/aromatic N) is 1. The molecule has 0 unspecified atom stereocenters. The van der Waals surface area contributed by atoms with Gasteiger partial charge in [-0.2, -0.15) is 0 Å². The summed E-state index contributed by atoms with van der Waals surface area (Å²) in [6, 6.07) is 6.82. The monoisotopic (exact) mass is 309 g/mol. The van der Waals surface area contributed by atoms with Crippen LogP contribution in [0.25, 0.3) is 0 Å². The number of aryl methyl sites for hydroxylation is 1. The van der Waals surface area contributed by atoms with E-state index in [4.69, 9.17) is 0 Å².